The molecule has 0 bridgehead atoms. The first-order chi connectivity index (χ1) is 5.41. The van der Waals surface area contributed by atoms with Gasteiger partial charge >= 0.3 is 0 Å². The van der Waals surface area contributed by atoms with Crippen molar-refractivity contribution in [3.8, 4) is 0 Å². The molecule has 0 aromatic rings. The van der Waals surface area contributed by atoms with E-state index in [1.165, 1.54) is 6.42 Å². The largest absolute Gasteiger partial charge is 0.292 e. The highest BCUT2D eigenvalue weighted by molar-refractivity contribution is 6.16. The molecule has 0 heterocycles. The van der Waals surface area contributed by atoms with Crippen LogP contribution in [0, 0.1) is 0 Å². The zero-order valence-electron chi connectivity index (χ0n) is 7.33. The Bertz CT molecular complexity index is 146. The topological polar surface area (TPSA) is 24.7 Å². The summed E-state index contributed by atoms with van der Waals surface area (Å²) in [4.78, 5) is 7.97. The van der Waals surface area contributed by atoms with E-state index in [4.69, 9.17) is 0 Å². The zero-order chi connectivity index (χ0) is 8.36. The second-order valence-electron chi connectivity index (χ2n) is 2.12. The molecule has 0 fully saturated rings. The predicted molar refractivity (Wildman–Crippen MR) is 51.6 cm³/mol. The minimum atomic E-state index is 0.824. The van der Waals surface area contributed by atoms with Crippen LogP contribution in [0.1, 0.15) is 26.7 Å². The third-order valence-corrected chi connectivity index (χ3v) is 1.09. The number of hydrogen-bond acceptors (Lipinski definition) is 2. The maximum Gasteiger partial charge on any atom is 0.0446 e. The van der Waals surface area contributed by atoms with Gasteiger partial charge in [-0.05, 0) is 13.3 Å². The van der Waals surface area contributed by atoms with Gasteiger partial charge in [-0.1, -0.05) is 19.4 Å². The third kappa shape index (κ3) is 9.08. The first kappa shape index (κ1) is 10.1. The molecule has 0 aromatic heterocycles. The van der Waals surface area contributed by atoms with Crippen LogP contribution in [0.3, 0.4) is 0 Å². The normalized spacial score (nSPS) is 12.5. The average molecular weight is 152 g/mol. The summed E-state index contributed by atoms with van der Waals surface area (Å²) in [5.41, 5.74) is 0. The molecule has 0 amide bonds. The maximum absolute atomic E-state index is 3.99. The smallest absolute Gasteiger partial charge is 0.0446 e. The van der Waals surface area contributed by atoms with Gasteiger partial charge in [0.25, 0.3) is 0 Å². The number of nitrogens with zero attached hydrogens (tertiary/aromatic N) is 2. The van der Waals surface area contributed by atoms with Gasteiger partial charge in [0.15, 0.2) is 0 Å². The summed E-state index contributed by atoms with van der Waals surface area (Å²) in [7, 11) is 0. The second kappa shape index (κ2) is 9.08. The summed E-state index contributed by atoms with van der Waals surface area (Å²) in [6, 6.07) is 0. The highest BCUT2D eigenvalue weighted by Crippen LogP contribution is 1.87. The molecule has 0 N–H and O–H groups in total. The average Bonchev–Trinajstić information content (AvgIpc) is 2.03. The van der Waals surface area contributed by atoms with Crippen molar-refractivity contribution in [2.24, 2.45) is 9.98 Å². The van der Waals surface area contributed by atoms with Crippen LogP contribution in [0.5, 0.6) is 0 Å². The van der Waals surface area contributed by atoms with E-state index in [0.29, 0.717) is 0 Å². The summed E-state index contributed by atoms with van der Waals surface area (Å²) < 4.78 is 0. The third-order valence-electron chi connectivity index (χ3n) is 1.09. The molecule has 0 saturated heterocycles. The fourth-order valence-electron chi connectivity index (χ4n) is 0.543. The lowest BCUT2D eigenvalue weighted by molar-refractivity contribution is 0.956. The molecule has 11 heavy (non-hydrogen) atoms. The molecule has 0 rings (SSSR count). The molecule has 62 valence electrons. The van der Waals surface area contributed by atoms with Gasteiger partial charge in [-0.3, -0.25) is 9.98 Å². The van der Waals surface area contributed by atoms with Crippen LogP contribution in [0.4, 0.5) is 0 Å². The lowest BCUT2D eigenvalue weighted by Gasteiger charge is -1.79. The molecule has 2 nitrogen and oxygen atoms in total. The van der Waals surface area contributed by atoms with Gasteiger partial charge in [0.2, 0.25) is 0 Å². The van der Waals surface area contributed by atoms with Gasteiger partial charge in [0.1, 0.15) is 0 Å². The Morgan fingerprint density at radius 2 is 2.00 bits per heavy atom. The van der Waals surface area contributed by atoms with Gasteiger partial charge in [0, 0.05) is 25.2 Å². The van der Waals surface area contributed by atoms with Crippen molar-refractivity contribution in [2.45, 2.75) is 26.7 Å². The van der Waals surface area contributed by atoms with E-state index in [1.54, 1.807) is 12.4 Å². The minimum Gasteiger partial charge on any atom is -0.292 e. The molecule has 0 unspecified atom stereocenters. The second-order valence-corrected chi connectivity index (χ2v) is 2.12. The monoisotopic (exact) mass is 152 g/mol. The molecular formula is C9H16N2. The van der Waals surface area contributed by atoms with Crippen molar-refractivity contribution in [3.63, 3.8) is 0 Å². The molecule has 0 aromatic carbocycles. The van der Waals surface area contributed by atoms with Crippen LogP contribution >= 0.6 is 0 Å². The van der Waals surface area contributed by atoms with Crippen molar-refractivity contribution in [3.05, 3.63) is 12.3 Å². The molecular weight excluding hydrogens is 136 g/mol. The Hall–Kier alpha value is -0.920. The summed E-state index contributed by atoms with van der Waals surface area (Å²) in [6.07, 6.45) is 9.56. The highest BCUT2D eigenvalue weighted by Gasteiger charge is 1.69. The Labute approximate surface area is 68.8 Å². The first-order valence-corrected chi connectivity index (χ1v) is 4.08. The van der Waals surface area contributed by atoms with Gasteiger partial charge in [-0.15, -0.1) is 0 Å². The Kier molecular flexibility index (Phi) is 8.32. The van der Waals surface area contributed by atoms with E-state index in [-0.39, 0.29) is 0 Å². The molecule has 0 aliphatic rings. The van der Waals surface area contributed by atoms with E-state index < -0.39 is 0 Å². The molecule has 0 aliphatic heterocycles. The van der Waals surface area contributed by atoms with E-state index in [0.717, 1.165) is 13.0 Å². The lowest BCUT2D eigenvalue weighted by Crippen LogP contribution is -1.75. The van der Waals surface area contributed by atoms with Crippen molar-refractivity contribution in [2.75, 3.05) is 6.54 Å². The molecule has 0 spiro atoms. The van der Waals surface area contributed by atoms with E-state index in [2.05, 4.69) is 23.0 Å². The van der Waals surface area contributed by atoms with Gasteiger partial charge < -0.3 is 0 Å². The van der Waals surface area contributed by atoms with Gasteiger partial charge in [-0.25, -0.2) is 0 Å². The minimum absolute atomic E-state index is 0.824. The van der Waals surface area contributed by atoms with Crippen LogP contribution in [-0.2, 0) is 0 Å². The van der Waals surface area contributed by atoms with Crippen LogP contribution in [0.25, 0.3) is 0 Å². The van der Waals surface area contributed by atoms with Gasteiger partial charge in [0.05, 0.1) is 0 Å². The molecule has 2 heteroatoms. The summed E-state index contributed by atoms with van der Waals surface area (Å²) in [6.45, 7) is 4.97. The van der Waals surface area contributed by atoms with Crippen molar-refractivity contribution in [1.29, 1.82) is 0 Å². The summed E-state index contributed by atoms with van der Waals surface area (Å²) in [5.74, 6) is 0. The fraction of sp³-hybridized carbons (Fsp3) is 0.556. The lowest BCUT2D eigenvalue weighted by atomic mass is 10.3. The Balaban J connectivity index is 3.35. The van der Waals surface area contributed by atoms with Crippen LogP contribution in [0.15, 0.2) is 22.3 Å². The van der Waals surface area contributed by atoms with Crippen molar-refractivity contribution < 1.29 is 0 Å². The van der Waals surface area contributed by atoms with Crippen molar-refractivity contribution >= 4 is 12.4 Å². The number of hydrogen-bond donors (Lipinski definition) is 0. The summed E-state index contributed by atoms with van der Waals surface area (Å²) >= 11 is 0. The molecule has 0 saturated carbocycles. The van der Waals surface area contributed by atoms with Gasteiger partial charge in [-0.2, -0.15) is 0 Å². The van der Waals surface area contributed by atoms with E-state index in [1.807, 2.05) is 13.1 Å². The maximum atomic E-state index is 3.99. The highest BCUT2D eigenvalue weighted by atomic mass is 14.7. The fourth-order valence-corrected chi connectivity index (χ4v) is 0.543. The molecule has 0 atom stereocenters. The van der Waals surface area contributed by atoms with Crippen LogP contribution in [-0.4, -0.2) is 19.0 Å². The Morgan fingerprint density at radius 1 is 1.18 bits per heavy atom. The molecule has 0 aliphatic carbocycles. The van der Waals surface area contributed by atoms with Crippen LogP contribution < -0.4 is 0 Å². The number of unbranched alkanes of at least 4 members (excludes halogenated alkanes) is 1. The number of allylic oxidation sites excluding steroid dienone is 1. The predicted octanol–water partition coefficient (Wildman–Crippen LogP) is 2.46. The van der Waals surface area contributed by atoms with Crippen molar-refractivity contribution in [1.82, 2.24) is 0 Å². The number of aliphatic imine (C=N–C) groups is 2. The van der Waals surface area contributed by atoms with E-state index in [9.17, 15) is 0 Å². The quantitative estimate of drug-likeness (QED) is 0.541. The summed E-state index contributed by atoms with van der Waals surface area (Å²) in [5, 5.41) is 0. The first-order valence-electron chi connectivity index (χ1n) is 4.08. The zero-order valence-corrected chi connectivity index (χ0v) is 7.33. The van der Waals surface area contributed by atoms with E-state index >= 15 is 0 Å². The standard InChI is InChI=1S/C9H16N2/c1-3-5-6-7-11-9-8-10-4-2/h6-9H,3-5H2,1-2H3/b7-6+,10-8?,11-9?. The molecule has 0 radical (unpaired) electrons. The van der Waals surface area contributed by atoms with Crippen LogP contribution in [0.2, 0.25) is 0 Å². The number of rotatable bonds is 5. The Morgan fingerprint density at radius 3 is 2.64 bits per heavy atom. The SMILES string of the molecule is CCC/C=C/N=CC=NCC.